The molecular formula is C12H7F2Li. The summed E-state index contributed by atoms with van der Waals surface area (Å²) in [7, 11) is 0. The molecule has 0 unspecified atom stereocenters. The molecule has 70 valence electrons. The minimum absolute atomic E-state index is 0. The summed E-state index contributed by atoms with van der Waals surface area (Å²) in [6, 6.07) is 13.9. The maximum Gasteiger partial charge on any atom is 1.00 e. The fourth-order valence-corrected chi connectivity index (χ4v) is 1.29. The van der Waals surface area contributed by atoms with Crippen LogP contribution in [0.3, 0.4) is 0 Å². The van der Waals surface area contributed by atoms with Crippen molar-refractivity contribution < 1.29 is 27.6 Å². The average molecular weight is 196 g/mol. The molecule has 0 saturated heterocycles. The first kappa shape index (κ1) is 12.0. The average Bonchev–Trinajstić information content (AvgIpc) is 2.23. The summed E-state index contributed by atoms with van der Waals surface area (Å²) in [6.45, 7) is 0. The molecule has 0 aliphatic heterocycles. The summed E-state index contributed by atoms with van der Waals surface area (Å²) in [4.78, 5) is 0. The normalized spacial score (nSPS) is 9.47. The van der Waals surface area contributed by atoms with Gasteiger partial charge in [-0.05, 0) is 5.56 Å². The van der Waals surface area contributed by atoms with E-state index in [1.165, 1.54) is 12.1 Å². The van der Waals surface area contributed by atoms with Crippen molar-refractivity contribution in [3.05, 3.63) is 60.2 Å². The van der Waals surface area contributed by atoms with Crippen LogP contribution in [0, 0.1) is 17.7 Å². The van der Waals surface area contributed by atoms with Crippen molar-refractivity contribution in [2.75, 3.05) is 0 Å². The molecule has 0 bridgehead atoms. The van der Waals surface area contributed by atoms with E-state index in [2.05, 4.69) is 6.07 Å². The molecule has 0 radical (unpaired) electrons. The van der Waals surface area contributed by atoms with Gasteiger partial charge in [0, 0.05) is 5.82 Å². The molecule has 0 spiro atoms. The van der Waals surface area contributed by atoms with E-state index in [0.717, 1.165) is 0 Å². The van der Waals surface area contributed by atoms with Crippen molar-refractivity contribution >= 4 is 0 Å². The molecule has 0 N–H and O–H groups in total. The van der Waals surface area contributed by atoms with Crippen molar-refractivity contribution in [3.63, 3.8) is 0 Å². The molecule has 0 aromatic heterocycles. The number of hydrogen-bond donors (Lipinski definition) is 0. The van der Waals surface area contributed by atoms with Gasteiger partial charge in [-0.2, -0.15) is 12.1 Å². The van der Waals surface area contributed by atoms with Crippen LogP contribution in [0.15, 0.2) is 42.5 Å². The zero-order valence-corrected chi connectivity index (χ0v) is 8.30. The van der Waals surface area contributed by atoms with Gasteiger partial charge < -0.3 is 0 Å². The van der Waals surface area contributed by atoms with E-state index < -0.39 is 11.6 Å². The van der Waals surface area contributed by atoms with Crippen molar-refractivity contribution in [1.82, 2.24) is 0 Å². The Balaban J connectivity index is 0.00000112. The predicted octanol–water partition coefficient (Wildman–Crippen LogP) is 0.436. The molecule has 2 aromatic carbocycles. The Morgan fingerprint density at radius 3 is 2.27 bits per heavy atom. The summed E-state index contributed by atoms with van der Waals surface area (Å²) in [5, 5.41) is 0. The van der Waals surface area contributed by atoms with E-state index in [-0.39, 0.29) is 24.4 Å². The predicted molar refractivity (Wildman–Crippen MR) is 50.6 cm³/mol. The van der Waals surface area contributed by atoms with Gasteiger partial charge >= 0.3 is 18.9 Å². The second-order valence-electron chi connectivity index (χ2n) is 2.89. The topological polar surface area (TPSA) is 0 Å². The van der Waals surface area contributed by atoms with Crippen LogP contribution in [-0.2, 0) is 0 Å². The first-order valence-corrected chi connectivity index (χ1v) is 4.20. The van der Waals surface area contributed by atoms with Gasteiger partial charge in [0.1, 0.15) is 0 Å². The molecular weight excluding hydrogens is 189 g/mol. The van der Waals surface area contributed by atoms with Crippen LogP contribution in [0.1, 0.15) is 0 Å². The Bertz CT molecular complexity index is 441. The Hall–Kier alpha value is -1.10. The summed E-state index contributed by atoms with van der Waals surface area (Å²) in [5.41, 5.74) is 0.930. The molecule has 2 aromatic rings. The Morgan fingerprint density at radius 1 is 0.933 bits per heavy atom. The molecule has 0 heterocycles. The van der Waals surface area contributed by atoms with Crippen molar-refractivity contribution in [2.45, 2.75) is 0 Å². The summed E-state index contributed by atoms with van der Waals surface area (Å²) in [6.07, 6.45) is 0. The fraction of sp³-hybridized carbons (Fsp3) is 0. The number of rotatable bonds is 1. The van der Waals surface area contributed by atoms with E-state index in [1.807, 2.05) is 6.07 Å². The second-order valence-corrected chi connectivity index (χ2v) is 2.89. The van der Waals surface area contributed by atoms with Crippen LogP contribution in [0.25, 0.3) is 11.1 Å². The largest absolute Gasteiger partial charge is 1.00 e. The van der Waals surface area contributed by atoms with E-state index >= 15 is 0 Å². The smallest absolute Gasteiger partial charge is 0.281 e. The monoisotopic (exact) mass is 196 g/mol. The van der Waals surface area contributed by atoms with Gasteiger partial charge in [-0.1, -0.05) is 35.9 Å². The summed E-state index contributed by atoms with van der Waals surface area (Å²) < 4.78 is 26.1. The third-order valence-corrected chi connectivity index (χ3v) is 1.97. The zero-order valence-electron chi connectivity index (χ0n) is 8.30. The van der Waals surface area contributed by atoms with Crippen LogP contribution in [0.5, 0.6) is 0 Å². The van der Waals surface area contributed by atoms with E-state index in [0.29, 0.717) is 5.56 Å². The maximum absolute atomic E-state index is 13.3. The Kier molecular flexibility index (Phi) is 4.08. The molecule has 0 fully saturated rings. The SMILES string of the molecule is Fc1[c-]ccc(-c2ccccc2)c1F.[Li+]. The van der Waals surface area contributed by atoms with Gasteiger partial charge in [0.2, 0.25) is 0 Å². The van der Waals surface area contributed by atoms with Crippen molar-refractivity contribution in [2.24, 2.45) is 0 Å². The molecule has 0 amide bonds. The van der Waals surface area contributed by atoms with Gasteiger partial charge in [0.25, 0.3) is 0 Å². The van der Waals surface area contributed by atoms with Gasteiger partial charge in [-0.15, -0.1) is 6.07 Å². The Labute approximate surface area is 99.1 Å². The molecule has 0 saturated carbocycles. The Morgan fingerprint density at radius 2 is 1.60 bits per heavy atom. The third kappa shape index (κ3) is 2.47. The summed E-state index contributed by atoms with van der Waals surface area (Å²) >= 11 is 0. The van der Waals surface area contributed by atoms with E-state index in [1.54, 1.807) is 24.3 Å². The molecule has 0 aliphatic carbocycles. The van der Waals surface area contributed by atoms with Crippen molar-refractivity contribution in [1.29, 1.82) is 0 Å². The first-order chi connectivity index (χ1) is 6.79. The number of halogens is 2. The van der Waals surface area contributed by atoms with Crippen LogP contribution < -0.4 is 18.9 Å². The van der Waals surface area contributed by atoms with Crippen LogP contribution in [-0.4, -0.2) is 0 Å². The number of benzene rings is 2. The quantitative estimate of drug-likeness (QED) is 0.458. The fourth-order valence-electron chi connectivity index (χ4n) is 1.29. The number of hydrogen-bond acceptors (Lipinski definition) is 0. The standard InChI is InChI=1S/C12H7F2.Li/c13-11-8-4-7-10(12(11)14)9-5-2-1-3-6-9;/h1-7H;/q-1;+1. The maximum atomic E-state index is 13.3. The molecule has 0 atom stereocenters. The summed E-state index contributed by atoms with van der Waals surface area (Å²) in [5.74, 6) is -1.79. The molecule has 0 nitrogen and oxygen atoms in total. The molecule has 0 aliphatic rings. The molecule has 15 heavy (non-hydrogen) atoms. The van der Waals surface area contributed by atoms with E-state index in [9.17, 15) is 8.78 Å². The van der Waals surface area contributed by atoms with Crippen LogP contribution in [0.4, 0.5) is 8.78 Å². The zero-order chi connectivity index (χ0) is 9.97. The van der Waals surface area contributed by atoms with Gasteiger partial charge in [0.15, 0.2) is 0 Å². The first-order valence-electron chi connectivity index (χ1n) is 4.20. The van der Waals surface area contributed by atoms with Gasteiger partial charge in [-0.25, -0.2) is 4.39 Å². The van der Waals surface area contributed by atoms with E-state index in [4.69, 9.17) is 0 Å². The van der Waals surface area contributed by atoms with Gasteiger partial charge in [-0.3, -0.25) is 4.39 Å². The van der Waals surface area contributed by atoms with Crippen LogP contribution in [0.2, 0.25) is 0 Å². The van der Waals surface area contributed by atoms with Crippen molar-refractivity contribution in [3.8, 4) is 11.1 Å². The second kappa shape index (κ2) is 5.11. The van der Waals surface area contributed by atoms with Crippen LogP contribution >= 0.6 is 0 Å². The minimum Gasteiger partial charge on any atom is -0.281 e. The van der Waals surface area contributed by atoms with Gasteiger partial charge in [0.05, 0.1) is 5.82 Å². The minimum atomic E-state index is -0.939. The molecule has 2 rings (SSSR count). The molecule has 3 heteroatoms. The third-order valence-electron chi connectivity index (χ3n) is 1.97.